The van der Waals surface area contributed by atoms with E-state index in [-0.39, 0.29) is 10.8 Å². The van der Waals surface area contributed by atoms with Gasteiger partial charge in [-0.3, -0.25) is 4.79 Å². The van der Waals surface area contributed by atoms with Gasteiger partial charge in [0.05, 0.1) is 5.02 Å². The van der Waals surface area contributed by atoms with E-state index < -0.39 is 18.2 Å². The van der Waals surface area contributed by atoms with E-state index in [1.165, 1.54) is 19.9 Å². The number of carbonyl (C=O) groups excluding carboxylic acids is 2. The Bertz CT molecular complexity index is 771. The van der Waals surface area contributed by atoms with E-state index in [1.54, 1.807) is 24.3 Å². The van der Waals surface area contributed by atoms with Crippen LogP contribution in [0.4, 0.5) is 0 Å². The summed E-state index contributed by atoms with van der Waals surface area (Å²) in [6, 6.07) is 11.7. The summed E-state index contributed by atoms with van der Waals surface area (Å²) in [5, 5.41) is 0.751. The highest BCUT2D eigenvalue weighted by Crippen LogP contribution is 2.28. The first-order valence-electron chi connectivity index (χ1n) is 7.71. The standard InChI is InChI=1S/C19H18Cl2O4/c1-11-4-6-14(7-5-11)18(22)12(2)25-19(23)13(3)24-17-9-8-15(20)10-16(17)21/h4-10,12-13H,1-3H3/t12-,13-/m0/s1. The number of benzene rings is 2. The molecule has 0 amide bonds. The number of carbonyl (C=O) groups is 2. The van der Waals surface area contributed by atoms with Crippen LogP contribution < -0.4 is 4.74 Å². The molecule has 0 fully saturated rings. The number of Topliss-reactive ketones (excluding diaryl/α,β-unsaturated/α-hetero) is 1. The molecule has 2 aromatic carbocycles. The third-order valence-electron chi connectivity index (χ3n) is 3.53. The van der Waals surface area contributed by atoms with Crippen LogP contribution in [0, 0.1) is 6.92 Å². The summed E-state index contributed by atoms with van der Waals surface area (Å²) in [7, 11) is 0. The molecule has 0 aliphatic heterocycles. The van der Waals surface area contributed by atoms with Crippen molar-refractivity contribution in [2.45, 2.75) is 33.0 Å². The SMILES string of the molecule is Cc1ccc(C(=O)[C@H](C)OC(=O)[C@H](C)Oc2ccc(Cl)cc2Cl)cc1. The quantitative estimate of drug-likeness (QED) is 0.529. The molecule has 4 nitrogen and oxygen atoms in total. The van der Waals surface area contributed by atoms with Crippen molar-refractivity contribution < 1.29 is 19.1 Å². The fourth-order valence-electron chi connectivity index (χ4n) is 2.09. The summed E-state index contributed by atoms with van der Waals surface area (Å²) in [5.74, 6) is -0.614. The van der Waals surface area contributed by atoms with Crippen molar-refractivity contribution in [2.75, 3.05) is 0 Å². The van der Waals surface area contributed by atoms with Crippen LogP contribution in [0.3, 0.4) is 0 Å². The van der Waals surface area contributed by atoms with E-state index in [4.69, 9.17) is 32.7 Å². The molecule has 0 aromatic heterocycles. The molecule has 0 spiro atoms. The highest BCUT2D eigenvalue weighted by Gasteiger charge is 2.24. The molecule has 0 heterocycles. The Morgan fingerprint density at radius 2 is 1.60 bits per heavy atom. The molecule has 25 heavy (non-hydrogen) atoms. The van der Waals surface area contributed by atoms with Crippen LogP contribution in [0.2, 0.25) is 10.0 Å². The van der Waals surface area contributed by atoms with Crippen molar-refractivity contribution >= 4 is 35.0 Å². The zero-order valence-corrected chi connectivity index (χ0v) is 15.6. The van der Waals surface area contributed by atoms with Crippen molar-refractivity contribution in [1.29, 1.82) is 0 Å². The van der Waals surface area contributed by atoms with Gasteiger partial charge in [-0.1, -0.05) is 53.0 Å². The maximum atomic E-state index is 12.3. The van der Waals surface area contributed by atoms with Crippen molar-refractivity contribution in [2.24, 2.45) is 0 Å². The number of hydrogen-bond acceptors (Lipinski definition) is 4. The number of ketones is 1. The molecule has 0 saturated carbocycles. The van der Waals surface area contributed by atoms with E-state index in [0.717, 1.165) is 5.56 Å². The van der Waals surface area contributed by atoms with E-state index in [9.17, 15) is 9.59 Å². The lowest BCUT2D eigenvalue weighted by molar-refractivity contribution is -0.153. The van der Waals surface area contributed by atoms with Gasteiger partial charge in [0.1, 0.15) is 5.75 Å². The summed E-state index contributed by atoms with van der Waals surface area (Å²) in [5.41, 5.74) is 1.53. The largest absolute Gasteiger partial charge is 0.477 e. The second kappa shape index (κ2) is 8.37. The molecule has 0 radical (unpaired) electrons. The van der Waals surface area contributed by atoms with Crippen LogP contribution in [-0.2, 0) is 9.53 Å². The highest BCUT2D eigenvalue weighted by atomic mass is 35.5. The lowest BCUT2D eigenvalue weighted by Crippen LogP contribution is -2.32. The second-order valence-corrected chi connectivity index (χ2v) is 6.49. The fourth-order valence-corrected chi connectivity index (χ4v) is 2.54. The van der Waals surface area contributed by atoms with E-state index in [2.05, 4.69) is 0 Å². The Morgan fingerprint density at radius 1 is 0.960 bits per heavy atom. The van der Waals surface area contributed by atoms with Crippen molar-refractivity contribution in [3.8, 4) is 5.75 Å². The molecular weight excluding hydrogens is 363 g/mol. The number of rotatable bonds is 6. The van der Waals surface area contributed by atoms with Gasteiger partial charge in [0, 0.05) is 10.6 Å². The van der Waals surface area contributed by atoms with Gasteiger partial charge in [0.15, 0.2) is 12.2 Å². The van der Waals surface area contributed by atoms with Gasteiger partial charge in [-0.2, -0.15) is 0 Å². The average molecular weight is 381 g/mol. The zero-order valence-electron chi connectivity index (χ0n) is 14.1. The van der Waals surface area contributed by atoms with Crippen LogP contribution in [0.5, 0.6) is 5.75 Å². The number of hydrogen-bond donors (Lipinski definition) is 0. The Kier molecular flexibility index (Phi) is 6.45. The summed E-state index contributed by atoms with van der Waals surface area (Å²) < 4.78 is 10.7. The smallest absolute Gasteiger partial charge is 0.347 e. The Labute approximate surface area is 156 Å². The minimum absolute atomic E-state index is 0.273. The highest BCUT2D eigenvalue weighted by molar-refractivity contribution is 6.35. The molecule has 2 atom stereocenters. The number of esters is 1. The summed E-state index contributed by atoms with van der Waals surface area (Å²) >= 11 is 11.8. The van der Waals surface area contributed by atoms with Crippen molar-refractivity contribution in [1.82, 2.24) is 0 Å². The predicted molar refractivity (Wildman–Crippen MR) is 97.6 cm³/mol. The lowest BCUT2D eigenvalue weighted by atomic mass is 10.1. The summed E-state index contributed by atoms with van der Waals surface area (Å²) in [6.07, 6.45) is -1.84. The van der Waals surface area contributed by atoms with Gasteiger partial charge >= 0.3 is 5.97 Å². The molecule has 0 aliphatic carbocycles. The molecule has 0 unspecified atom stereocenters. The first kappa shape index (κ1) is 19.3. The molecule has 0 aliphatic rings. The molecule has 0 N–H and O–H groups in total. The Balaban J connectivity index is 1.97. The molecule has 6 heteroatoms. The molecule has 0 saturated heterocycles. The minimum atomic E-state index is -0.924. The summed E-state index contributed by atoms with van der Waals surface area (Å²) in [4.78, 5) is 24.5. The van der Waals surface area contributed by atoms with Gasteiger partial charge in [0.25, 0.3) is 0 Å². The maximum Gasteiger partial charge on any atom is 0.347 e. The topological polar surface area (TPSA) is 52.6 Å². The Morgan fingerprint density at radius 3 is 2.20 bits per heavy atom. The van der Waals surface area contributed by atoms with Crippen LogP contribution in [-0.4, -0.2) is 24.0 Å². The predicted octanol–water partition coefficient (Wildman–Crippen LogP) is 4.88. The number of aryl methyl sites for hydroxylation is 1. The minimum Gasteiger partial charge on any atom is -0.477 e. The van der Waals surface area contributed by atoms with Gasteiger partial charge in [-0.25, -0.2) is 4.79 Å². The molecule has 0 bridgehead atoms. The lowest BCUT2D eigenvalue weighted by Gasteiger charge is -2.18. The van der Waals surface area contributed by atoms with Gasteiger partial charge in [-0.15, -0.1) is 0 Å². The first-order valence-corrected chi connectivity index (χ1v) is 8.46. The van der Waals surface area contributed by atoms with Gasteiger partial charge in [-0.05, 0) is 39.0 Å². The molecular formula is C19H18Cl2O4. The van der Waals surface area contributed by atoms with E-state index in [1.807, 2.05) is 19.1 Å². The first-order chi connectivity index (χ1) is 11.8. The second-order valence-electron chi connectivity index (χ2n) is 5.64. The van der Waals surface area contributed by atoms with Crippen LogP contribution in [0.1, 0.15) is 29.8 Å². The Hall–Kier alpha value is -2.04. The maximum absolute atomic E-state index is 12.3. The fraction of sp³-hybridized carbons (Fsp3) is 0.263. The zero-order chi connectivity index (χ0) is 18.6. The summed E-state index contributed by atoms with van der Waals surface area (Å²) in [6.45, 7) is 4.98. The third-order valence-corrected chi connectivity index (χ3v) is 4.06. The van der Waals surface area contributed by atoms with E-state index >= 15 is 0 Å². The normalized spacial score (nSPS) is 13.0. The molecule has 2 rings (SSSR count). The van der Waals surface area contributed by atoms with Gasteiger partial charge in [0.2, 0.25) is 5.78 Å². The van der Waals surface area contributed by atoms with E-state index in [0.29, 0.717) is 16.3 Å². The van der Waals surface area contributed by atoms with Crippen LogP contribution in [0.15, 0.2) is 42.5 Å². The van der Waals surface area contributed by atoms with Crippen LogP contribution >= 0.6 is 23.2 Å². The van der Waals surface area contributed by atoms with Crippen molar-refractivity contribution in [3.63, 3.8) is 0 Å². The van der Waals surface area contributed by atoms with Crippen LogP contribution in [0.25, 0.3) is 0 Å². The number of ether oxygens (including phenoxy) is 2. The number of halogens is 2. The monoisotopic (exact) mass is 380 g/mol. The average Bonchev–Trinajstić information content (AvgIpc) is 2.57. The molecule has 2 aromatic rings. The van der Waals surface area contributed by atoms with Gasteiger partial charge < -0.3 is 9.47 Å². The third kappa shape index (κ3) is 5.21. The molecule has 132 valence electrons. The van der Waals surface area contributed by atoms with Crippen molar-refractivity contribution in [3.05, 3.63) is 63.6 Å².